The van der Waals surface area contributed by atoms with Crippen molar-refractivity contribution in [2.45, 2.75) is 44.7 Å². The Morgan fingerprint density at radius 1 is 0.885 bits per heavy atom. The molecule has 0 bridgehead atoms. The van der Waals surface area contributed by atoms with E-state index in [0.717, 1.165) is 25.3 Å². The van der Waals surface area contributed by atoms with Crippen LogP contribution >= 0.6 is 0 Å². The van der Waals surface area contributed by atoms with Gasteiger partial charge < -0.3 is 9.53 Å². The summed E-state index contributed by atoms with van der Waals surface area (Å²) >= 11 is 0. The maximum absolute atomic E-state index is 13.2. The monoisotopic (exact) mass is 364 g/mol. The minimum Gasteiger partial charge on any atom is -0.493 e. The quantitative estimate of drug-likeness (QED) is 0.403. The molecule has 5 heteroatoms. The van der Waals surface area contributed by atoms with E-state index in [9.17, 15) is 18.0 Å². The molecule has 0 radical (unpaired) electrons. The molecule has 0 saturated carbocycles. The Kier molecular flexibility index (Phi) is 7.70. The molecule has 140 valence electrons. The maximum Gasteiger partial charge on any atom is 0.419 e. The van der Waals surface area contributed by atoms with Crippen molar-refractivity contribution >= 4 is 6.29 Å². The van der Waals surface area contributed by atoms with Crippen LogP contribution in [0.5, 0.6) is 5.75 Å². The molecule has 0 aliphatic rings. The van der Waals surface area contributed by atoms with Gasteiger partial charge in [0, 0.05) is 6.42 Å². The van der Waals surface area contributed by atoms with Gasteiger partial charge in [-0.1, -0.05) is 36.4 Å². The fourth-order valence-corrected chi connectivity index (χ4v) is 2.74. The largest absolute Gasteiger partial charge is 0.493 e. The molecule has 0 unspecified atom stereocenters. The van der Waals surface area contributed by atoms with Gasteiger partial charge in [-0.15, -0.1) is 0 Å². The number of carbonyl (C=O) groups excluding carboxylic acids is 1. The van der Waals surface area contributed by atoms with E-state index in [-0.39, 0.29) is 18.8 Å². The van der Waals surface area contributed by atoms with Crippen LogP contribution in [0.3, 0.4) is 0 Å². The lowest BCUT2D eigenvalue weighted by Crippen LogP contribution is -2.10. The highest BCUT2D eigenvalue weighted by Crippen LogP contribution is 2.37. The normalized spacial score (nSPS) is 11.3. The van der Waals surface area contributed by atoms with Gasteiger partial charge in [0.15, 0.2) is 0 Å². The number of hydrogen-bond donors (Lipinski definition) is 0. The second kappa shape index (κ2) is 10.00. The van der Waals surface area contributed by atoms with Gasteiger partial charge in [0.1, 0.15) is 12.0 Å². The molecule has 0 amide bonds. The summed E-state index contributed by atoms with van der Waals surface area (Å²) in [6, 6.07) is 14.1. The molecule has 2 rings (SSSR count). The summed E-state index contributed by atoms with van der Waals surface area (Å²) in [6.45, 7) is 0.256. The van der Waals surface area contributed by atoms with Crippen LogP contribution in [0.2, 0.25) is 0 Å². The van der Waals surface area contributed by atoms with Gasteiger partial charge in [-0.25, -0.2) is 0 Å². The average molecular weight is 364 g/mol. The van der Waals surface area contributed by atoms with Crippen LogP contribution in [0.1, 0.15) is 42.4 Å². The Morgan fingerprint density at radius 3 is 2.35 bits per heavy atom. The highest BCUT2D eigenvalue weighted by molar-refractivity contribution is 5.50. The molecule has 26 heavy (non-hydrogen) atoms. The molecular weight excluding hydrogens is 341 g/mol. The topological polar surface area (TPSA) is 26.3 Å². The van der Waals surface area contributed by atoms with Gasteiger partial charge >= 0.3 is 6.18 Å². The lowest BCUT2D eigenvalue weighted by atomic mass is 10.1. The first kappa shape index (κ1) is 20.0. The van der Waals surface area contributed by atoms with Crippen LogP contribution < -0.4 is 4.74 Å². The van der Waals surface area contributed by atoms with Crippen LogP contribution in [0.15, 0.2) is 48.5 Å². The third kappa shape index (κ3) is 6.54. The highest BCUT2D eigenvalue weighted by atomic mass is 19.4. The first-order valence-electron chi connectivity index (χ1n) is 8.81. The molecule has 0 heterocycles. The lowest BCUT2D eigenvalue weighted by Gasteiger charge is -2.15. The van der Waals surface area contributed by atoms with Crippen LogP contribution in [0.4, 0.5) is 13.2 Å². The van der Waals surface area contributed by atoms with Gasteiger partial charge in [0.05, 0.1) is 12.2 Å². The van der Waals surface area contributed by atoms with Crippen molar-refractivity contribution in [2.75, 3.05) is 6.61 Å². The van der Waals surface area contributed by atoms with E-state index in [0.29, 0.717) is 24.7 Å². The van der Waals surface area contributed by atoms with Gasteiger partial charge in [-0.3, -0.25) is 0 Å². The number of halogens is 3. The summed E-state index contributed by atoms with van der Waals surface area (Å²) < 4.78 is 45.0. The second-order valence-corrected chi connectivity index (χ2v) is 6.18. The fraction of sp³-hybridized carbons (Fsp3) is 0.381. The number of hydrogen-bond acceptors (Lipinski definition) is 2. The fourth-order valence-electron chi connectivity index (χ4n) is 2.74. The van der Waals surface area contributed by atoms with Crippen molar-refractivity contribution in [1.29, 1.82) is 0 Å². The van der Waals surface area contributed by atoms with Crippen LogP contribution in [-0.2, 0) is 23.8 Å². The summed E-state index contributed by atoms with van der Waals surface area (Å²) in [5.41, 5.74) is 0.975. The molecule has 0 aliphatic heterocycles. The van der Waals surface area contributed by atoms with E-state index in [1.165, 1.54) is 11.6 Å². The summed E-state index contributed by atoms with van der Waals surface area (Å²) in [7, 11) is 0. The van der Waals surface area contributed by atoms with Gasteiger partial charge in [0.25, 0.3) is 0 Å². The predicted octanol–water partition coefficient (Wildman–Crippen LogP) is 5.63. The number of unbranched alkanes of at least 4 members (excludes halogenated alkanes) is 2. The molecule has 0 N–H and O–H groups in total. The molecule has 2 nitrogen and oxygen atoms in total. The molecule has 0 aliphatic carbocycles. The zero-order valence-corrected chi connectivity index (χ0v) is 14.6. The molecule has 0 atom stereocenters. The van der Waals surface area contributed by atoms with Crippen molar-refractivity contribution < 1.29 is 22.7 Å². The zero-order valence-electron chi connectivity index (χ0n) is 14.6. The third-order valence-electron chi connectivity index (χ3n) is 4.11. The molecule has 0 saturated heterocycles. The zero-order chi connectivity index (χ0) is 18.8. The predicted molar refractivity (Wildman–Crippen MR) is 95.3 cm³/mol. The van der Waals surface area contributed by atoms with Gasteiger partial charge in [0.2, 0.25) is 0 Å². The Labute approximate surface area is 152 Å². The molecular formula is C21H23F3O2. The van der Waals surface area contributed by atoms with E-state index in [4.69, 9.17) is 4.74 Å². The number of benzene rings is 2. The SMILES string of the molecule is O=CCCc1ccc(OCCCCCc2ccccc2)c(C(F)(F)F)c1. The molecule has 2 aromatic rings. The average Bonchev–Trinajstić information content (AvgIpc) is 2.63. The number of aldehydes is 1. The minimum absolute atomic E-state index is 0.143. The summed E-state index contributed by atoms with van der Waals surface area (Å²) in [5.74, 6) is -0.143. The minimum atomic E-state index is -4.47. The molecule has 2 aromatic carbocycles. The van der Waals surface area contributed by atoms with Crippen LogP contribution in [0.25, 0.3) is 0 Å². The van der Waals surface area contributed by atoms with E-state index in [2.05, 4.69) is 12.1 Å². The summed E-state index contributed by atoms with van der Waals surface area (Å²) in [6.07, 6.45) is 0.271. The number of rotatable bonds is 10. The molecule has 0 fully saturated rings. The van der Waals surface area contributed by atoms with Crippen LogP contribution in [-0.4, -0.2) is 12.9 Å². The van der Waals surface area contributed by atoms with E-state index >= 15 is 0 Å². The summed E-state index contributed by atoms with van der Waals surface area (Å²) in [4.78, 5) is 10.4. The van der Waals surface area contributed by atoms with Gasteiger partial charge in [-0.05, 0) is 55.4 Å². The van der Waals surface area contributed by atoms with Crippen molar-refractivity contribution in [3.8, 4) is 5.75 Å². The Hall–Kier alpha value is -2.30. The standard InChI is InChI=1S/C21H23F3O2/c22-21(23,24)19-16-18(11-7-14-25)12-13-20(19)26-15-6-2-5-10-17-8-3-1-4-9-17/h1,3-4,8-9,12-14,16H,2,5-7,10-11,15H2. The summed E-state index contributed by atoms with van der Waals surface area (Å²) in [5, 5.41) is 0. The third-order valence-corrected chi connectivity index (χ3v) is 4.11. The number of aryl methyl sites for hydroxylation is 2. The lowest BCUT2D eigenvalue weighted by molar-refractivity contribution is -0.139. The maximum atomic E-state index is 13.2. The number of carbonyl (C=O) groups is 1. The van der Waals surface area contributed by atoms with Crippen molar-refractivity contribution in [1.82, 2.24) is 0 Å². The highest BCUT2D eigenvalue weighted by Gasteiger charge is 2.34. The smallest absolute Gasteiger partial charge is 0.419 e. The Bertz CT molecular complexity index is 681. The Balaban J connectivity index is 1.83. The first-order chi connectivity index (χ1) is 12.5. The molecule has 0 aromatic heterocycles. The Morgan fingerprint density at radius 2 is 1.65 bits per heavy atom. The van der Waals surface area contributed by atoms with Crippen molar-refractivity contribution in [3.63, 3.8) is 0 Å². The van der Waals surface area contributed by atoms with Crippen molar-refractivity contribution in [3.05, 3.63) is 65.2 Å². The first-order valence-corrected chi connectivity index (χ1v) is 8.81. The number of alkyl halides is 3. The molecule has 0 spiro atoms. The second-order valence-electron chi connectivity index (χ2n) is 6.18. The van der Waals surface area contributed by atoms with E-state index < -0.39 is 11.7 Å². The van der Waals surface area contributed by atoms with Gasteiger partial charge in [-0.2, -0.15) is 13.2 Å². The van der Waals surface area contributed by atoms with E-state index in [1.807, 2.05) is 18.2 Å². The van der Waals surface area contributed by atoms with Crippen LogP contribution in [0, 0.1) is 0 Å². The number of ether oxygens (including phenoxy) is 1. The van der Waals surface area contributed by atoms with E-state index in [1.54, 1.807) is 6.07 Å². The van der Waals surface area contributed by atoms with Crippen molar-refractivity contribution in [2.24, 2.45) is 0 Å².